The molecule has 1 aliphatic rings. The maximum Gasteiger partial charge on any atom is 0.227 e. The molecular formula is C20H19N5O2S. The molecule has 4 aromatic rings. The minimum absolute atomic E-state index is 0.168. The number of carbonyl (C=O) groups excluding carboxylic acids is 1. The summed E-state index contributed by atoms with van der Waals surface area (Å²) in [5, 5.41) is 0.374. The number of benzene rings is 1. The van der Waals surface area contributed by atoms with E-state index >= 15 is 0 Å². The van der Waals surface area contributed by atoms with Crippen LogP contribution in [0.2, 0.25) is 0 Å². The fourth-order valence-electron chi connectivity index (χ4n) is 3.81. The summed E-state index contributed by atoms with van der Waals surface area (Å²) in [4.78, 5) is 39.0. The number of nitrogens with zero attached hydrogens (tertiary/aromatic N) is 5. The zero-order chi connectivity index (χ0) is 19.3. The number of thiazole rings is 1. The molecule has 28 heavy (non-hydrogen) atoms. The third-order valence-corrected chi connectivity index (χ3v) is 6.48. The Balaban J connectivity index is 1.81. The van der Waals surface area contributed by atoms with Crippen LogP contribution in [-0.4, -0.2) is 58.8 Å². The number of hydrogen-bond donors (Lipinski definition) is 0. The number of carbonyl (C=O) groups is 1. The number of aromatic nitrogens is 3. The Morgan fingerprint density at radius 2 is 2.00 bits per heavy atom. The quantitative estimate of drug-likeness (QED) is 0.487. The highest BCUT2D eigenvalue weighted by molar-refractivity contribution is 7.24. The monoisotopic (exact) mass is 393 g/mol. The molecule has 1 fully saturated rings. The molecule has 0 spiro atoms. The molecule has 0 radical (unpaired) electrons. The van der Waals surface area contributed by atoms with Gasteiger partial charge in [-0.3, -0.25) is 14.0 Å². The smallest absolute Gasteiger partial charge is 0.227 e. The molecule has 5 rings (SSSR count). The number of para-hydroxylation sites is 1. The van der Waals surface area contributed by atoms with Crippen LogP contribution in [0.15, 0.2) is 35.3 Å². The number of hydrogen-bond acceptors (Lipinski definition) is 7. The van der Waals surface area contributed by atoms with Crippen molar-refractivity contribution in [3.63, 3.8) is 0 Å². The Kier molecular flexibility index (Phi) is 4.10. The summed E-state index contributed by atoms with van der Waals surface area (Å²) in [6, 6.07) is 7.88. The van der Waals surface area contributed by atoms with Crippen molar-refractivity contribution in [2.45, 2.75) is 6.42 Å². The molecule has 3 aromatic heterocycles. The van der Waals surface area contributed by atoms with E-state index in [0.29, 0.717) is 28.1 Å². The van der Waals surface area contributed by atoms with Crippen LogP contribution in [0.5, 0.6) is 0 Å². The minimum atomic E-state index is -0.307. The van der Waals surface area contributed by atoms with E-state index in [4.69, 9.17) is 4.98 Å². The zero-order valence-electron chi connectivity index (χ0n) is 15.5. The summed E-state index contributed by atoms with van der Waals surface area (Å²) in [6.07, 6.45) is 3.25. The first-order valence-corrected chi connectivity index (χ1v) is 10.1. The van der Waals surface area contributed by atoms with Crippen LogP contribution in [0.1, 0.15) is 16.8 Å². The summed E-state index contributed by atoms with van der Waals surface area (Å²) in [7, 11) is 2.12. The molecule has 1 aliphatic heterocycles. The van der Waals surface area contributed by atoms with Crippen molar-refractivity contribution in [2.75, 3.05) is 38.1 Å². The van der Waals surface area contributed by atoms with Gasteiger partial charge in [-0.2, -0.15) is 4.98 Å². The Morgan fingerprint density at radius 1 is 1.14 bits per heavy atom. The topological polar surface area (TPSA) is 70.8 Å². The van der Waals surface area contributed by atoms with E-state index in [-0.39, 0.29) is 11.0 Å². The summed E-state index contributed by atoms with van der Waals surface area (Å²) in [5.74, 6) is 0.630. The largest absolute Gasteiger partial charge is 0.339 e. The molecule has 1 aromatic carbocycles. The van der Waals surface area contributed by atoms with Gasteiger partial charge in [-0.25, -0.2) is 4.98 Å². The number of likely N-dealkylation sites (N-methyl/N-ethyl adjacent to an activating group) is 1. The van der Waals surface area contributed by atoms with Crippen LogP contribution in [0.4, 0.5) is 5.95 Å². The first-order chi connectivity index (χ1) is 13.7. The maximum absolute atomic E-state index is 12.9. The fourth-order valence-corrected chi connectivity index (χ4v) is 4.96. The molecule has 0 aliphatic carbocycles. The van der Waals surface area contributed by atoms with Crippen LogP contribution in [0.25, 0.3) is 26.1 Å². The van der Waals surface area contributed by atoms with E-state index in [2.05, 4.69) is 21.8 Å². The second kappa shape index (κ2) is 6.65. The lowest BCUT2D eigenvalue weighted by Crippen LogP contribution is -2.30. The number of rotatable bonds is 2. The Bertz CT molecular complexity index is 1280. The van der Waals surface area contributed by atoms with E-state index in [9.17, 15) is 9.59 Å². The van der Waals surface area contributed by atoms with Crippen molar-refractivity contribution in [1.29, 1.82) is 0 Å². The first kappa shape index (κ1) is 17.3. The highest BCUT2D eigenvalue weighted by Crippen LogP contribution is 2.30. The molecule has 0 atom stereocenters. The van der Waals surface area contributed by atoms with Gasteiger partial charge in [-0.05, 0) is 32.1 Å². The lowest BCUT2D eigenvalue weighted by Gasteiger charge is -2.20. The van der Waals surface area contributed by atoms with Gasteiger partial charge in [-0.15, -0.1) is 11.3 Å². The third-order valence-electron chi connectivity index (χ3n) is 5.32. The minimum Gasteiger partial charge on any atom is -0.339 e. The maximum atomic E-state index is 12.9. The zero-order valence-corrected chi connectivity index (χ0v) is 16.3. The van der Waals surface area contributed by atoms with Crippen molar-refractivity contribution >= 4 is 49.7 Å². The molecule has 8 heteroatoms. The molecule has 0 bridgehead atoms. The standard InChI is InChI=1S/C20H19N5O2S/c1-23-7-4-8-24(10-9-23)20-21-11-13-17(27)14(12-26)19-25(18(13)22-20)15-5-2-3-6-16(15)28-19/h2-3,5-6,11-12H,4,7-10H2,1H3. The van der Waals surface area contributed by atoms with Crippen molar-refractivity contribution in [2.24, 2.45) is 0 Å². The summed E-state index contributed by atoms with van der Waals surface area (Å²) in [6.45, 7) is 3.72. The van der Waals surface area contributed by atoms with Gasteiger partial charge < -0.3 is 9.80 Å². The predicted octanol–water partition coefficient (Wildman–Crippen LogP) is 2.41. The lowest BCUT2D eigenvalue weighted by molar-refractivity contribution is 0.112. The Hall–Kier alpha value is -2.84. The molecule has 7 nitrogen and oxygen atoms in total. The van der Waals surface area contributed by atoms with Crippen molar-refractivity contribution in [3.05, 3.63) is 46.2 Å². The number of pyridine rings is 1. The Morgan fingerprint density at radius 3 is 2.86 bits per heavy atom. The highest BCUT2D eigenvalue weighted by atomic mass is 32.1. The molecule has 0 saturated carbocycles. The molecule has 0 N–H and O–H groups in total. The molecule has 1 saturated heterocycles. The van der Waals surface area contributed by atoms with Gasteiger partial charge in [0.2, 0.25) is 11.4 Å². The van der Waals surface area contributed by atoms with Crippen molar-refractivity contribution in [1.82, 2.24) is 19.3 Å². The summed E-state index contributed by atoms with van der Waals surface area (Å²) in [5.41, 5.74) is 1.36. The number of fused-ring (bicyclic) bond motifs is 5. The number of aldehydes is 1. The van der Waals surface area contributed by atoms with Crippen LogP contribution >= 0.6 is 11.3 Å². The van der Waals surface area contributed by atoms with E-state index in [0.717, 1.165) is 42.8 Å². The molecule has 142 valence electrons. The Labute approximate surface area is 164 Å². The first-order valence-electron chi connectivity index (χ1n) is 9.29. The summed E-state index contributed by atoms with van der Waals surface area (Å²) < 4.78 is 2.93. The van der Waals surface area contributed by atoms with Crippen LogP contribution in [0.3, 0.4) is 0 Å². The van der Waals surface area contributed by atoms with E-state index < -0.39 is 0 Å². The van der Waals surface area contributed by atoms with E-state index in [1.807, 2.05) is 28.7 Å². The SMILES string of the molecule is CN1CCCN(c2ncc3c(=O)c(C=O)c4sc5ccccc5n4c3n2)CC1. The normalized spacial score (nSPS) is 16.1. The van der Waals surface area contributed by atoms with Gasteiger partial charge in [0.25, 0.3) is 0 Å². The van der Waals surface area contributed by atoms with Gasteiger partial charge in [0.15, 0.2) is 11.9 Å². The van der Waals surface area contributed by atoms with Crippen LogP contribution < -0.4 is 10.3 Å². The van der Waals surface area contributed by atoms with Gasteiger partial charge in [0.1, 0.15) is 4.83 Å². The van der Waals surface area contributed by atoms with Crippen LogP contribution in [0, 0.1) is 0 Å². The second-order valence-electron chi connectivity index (χ2n) is 7.12. The van der Waals surface area contributed by atoms with Gasteiger partial charge in [-0.1, -0.05) is 12.1 Å². The lowest BCUT2D eigenvalue weighted by atomic mass is 10.2. The van der Waals surface area contributed by atoms with E-state index in [1.165, 1.54) is 11.3 Å². The van der Waals surface area contributed by atoms with Crippen LogP contribution in [-0.2, 0) is 0 Å². The molecule has 0 unspecified atom stereocenters. The third kappa shape index (κ3) is 2.60. The number of anilines is 1. The molecule has 0 amide bonds. The molecular weight excluding hydrogens is 374 g/mol. The predicted molar refractivity (Wildman–Crippen MR) is 112 cm³/mol. The van der Waals surface area contributed by atoms with Crippen molar-refractivity contribution < 1.29 is 4.79 Å². The fraction of sp³-hybridized carbons (Fsp3) is 0.300. The summed E-state index contributed by atoms with van der Waals surface area (Å²) >= 11 is 1.44. The van der Waals surface area contributed by atoms with Gasteiger partial charge in [0, 0.05) is 25.8 Å². The molecule has 4 heterocycles. The van der Waals surface area contributed by atoms with Gasteiger partial charge >= 0.3 is 0 Å². The van der Waals surface area contributed by atoms with Gasteiger partial charge in [0.05, 0.1) is 21.2 Å². The second-order valence-corrected chi connectivity index (χ2v) is 8.15. The highest BCUT2D eigenvalue weighted by Gasteiger charge is 2.20. The van der Waals surface area contributed by atoms with Crippen molar-refractivity contribution in [3.8, 4) is 0 Å². The average molecular weight is 393 g/mol. The average Bonchev–Trinajstić information content (AvgIpc) is 2.96. The van der Waals surface area contributed by atoms with E-state index in [1.54, 1.807) is 6.20 Å².